The maximum atomic E-state index is 12.4. The molecule has 0 bridgehead atoms. The van der Waals surface area contributed by atoms with Crippen molar-refractivity contribution in [2.75, 3.05) is 32.8 Å². The Balaban J connectivity index is 1.46. The second kappa shape index (κ2) is 9.15. The zero-order valence-corrected chi connectivity index (χ0v) is 14.8. The highest BCUT2D eigenvalue weighted by Crippen LogP contribution is 2.10. The van der Waals surface area contributed by atoms with E-state index in [0.29, 0.717) is 44.0 Å². The number of benzene rings is 2. The van der Waals surface area contributed by atoms with Crippen molar-refractivity contribution in [2.24, 2.45) is 0 Å². The lowest BCUT2D eigenvalue weighted by molar-refractivity contribution is 0.0303. The minimum absolute atomic E-state index is 0.0110. The highest BCUT2D eigenvalue weighted by Gasteiger charge is 2.18. The van der Waals surface area contributed by atoms with Gasteiger partial charge in [0.2, 0.25) is 0 Å². The molecular weight excluding hydrogens is 328 g/mol. The lowest BCUT2D eigenvalue weighted by Crippen LogP contribution is -2.40. The van der Waals surface area contributed by atoms with E-state index in [0.717, 1.165) is 12.8 Å². The predicted octanol–water partition coefficient (Wildman–Crippen LogP) is 2.52. The van der Waals surface area contributed by atoms with Crippen LogP contribution in [0.5, 0.6) is 0 Å². The standard InChI is InChI=1S/C21H24N2O3/c24-20(22-12-4-7-17-5-2-1-3-6-17)18-8-10-19(11-9-18)21(25)23-13-15-26-16-14-23/h1-3,5-6,8-11H,4,7,12-16H2,(H,22,24). The van der Waals surface area contributed by atoms with Crippen LogP contribution in [-0.2, 0) is 11.2 Å². The second-order valence-electron chi connectivity index (χ2n) is 6.33. The van der Waals surface area contributed by atoms with E-state index in [1.165, 1.54) is 5.56 Å². The molecule has 0 aliphatic carbocycles. The van der Waals surface area contributed by atoms with Gasteiger partial charge in [-0.2, -0.15) is 0 Å². The minimum atomic E-state index is -0.108. The normalized spacial score (nSPS) is 14.1. The van der Waals surface area contributed by atoms with Crippen LogP contribution in [0.15, 0.2) is 54.6 Å². The summed E-state index contributed by atoms with van der Waals surface area (Å²) in [5, 5.41) is 2.93. The number of nitrogens with one attached hydrogen (secondary N) is 1. The van der Waals surface area contributed by atoms with Gasteiger partial charge in [-0.1, -0.05) is 30.3 Å². The average Bonchev–Trinajstić information content (AvgIpc) is 2.72. The molecule has 5 nitrogen and oxygen atoms in total. The van der Waals surface area contributed by atoms with E-state index in [9.17, 15) is 9.59 Å². The molecule has 2 aromatic carbocycles. The molecule has 0 aromatic heterocycles. The summed E-state index contributed by atoms with van der Waals surface area (Å²) >= 11 is 0. The maximum absolute atomic E-state index is 12.4. The van der Waals surface area contributed by atoms with Gasteiger partial charge in [-0.15, -0.1) is 0 Å². The van der Waals surface area contributed by atoms with Crippen molar-refractivity contribution in [1.82, 2.24) is 10.2 Å². The SMILES string of the molecule is O=C(NCCCc1ccccc1)c1ccc(C(=O)N2CCOCC2)cc1. The molecule has 2 amide bonds. The average molecular weight is 352 g/mol. The fourth-order valence-electron chi connectivity index (χ4n) is 2.95. The third kappa shape index (κ3) is 4.92. The number of nitrogens with zero attached hydrogens (tertiary/aromatic N) is 1. The van der Waals surface area contributed by atoms with Gasteiger partial charge < -0.3 is 15.0 Å². The molecule has 1 N–H and O–H groups in total. The third-order valence-electron chi connectivity index (χ3n) is 4.46. The van der Waals surface area contributed by atoms with Crippen molar-refractivity contribution < 1.29 is 14.3 Å². The molecule has 3 rings (SSSR count). The van der Waals surface area contributed by atoms with Crippen LogP contribution < -0.4 is 5.32 Å². The van der Waals surface area contributed by atoms with Gasteiger partial charge in [-0.05, 0) is 42.7 Å². The molecule has 0 radical (unpaired) electrons. The molecule has 0 spiro atoms. The maximum Gasteiger partial charge on any atom is 0.254 e. The second-order valence-corrected chi connectivity index (χ2v) is 6.33. The molecule has 0 unspecified atom stereocenters. The van der Waals surface area contributed by atoms with Gasteiger partial charge in [0.1, 0.15) is 0 Å². The van der Waals surface area contributed by atoms with E-state index in [1.807, 2.05) is 18.2 Å². The molecule has 136 valence electrons. The summed E-state index contributed by atoms with van der Waals surface area (Å²) in [7, 11) is 0. The summed E-state index contributed by atoms with van der Waals surface area (Å²) in [6.07, 6.45) is 1.83. The van der Waals surface area contributed by atoms with E-state index in [2.05, 4.69) is 17.4 Å². The van der Waals surface area contributed by atoms with Gasteiger partial charge in [0.05, 0.1) is 13.2 Å². The molecule has 5 heteroatoms. The Labute approximate surface area is 154 Å². The van der Waals surface area contributed by atoms with Crippen molar-refractivity contribution in [2.45, 2.75) is 12.8 Å². The summed E-state index contributed by atoms with van der Waals surface area (Å²) in [6.45, 7) is 3.01. The fourth-order valence-corrected chi connectivity index (χ4v) is 2.95. The zero-order chi connectivity index (χ0) is 18.2. The molecule has 0 saturated carbocycles. The van der Waals surface area contributed by atoms with Gasteiger partial charge in [0.25, 0.3) is 11.8 Å². The summed E-state index contributed by atoms with van der Waals surface area (Å²) in [4.78, 5) is 26.4. The Kier molecular flexibility index (Phi) is 6.39. The van der Waals surface area contributed by atoms with Crippen LogP contribution in [0.4, 0.5) is 0 Å². The van der Waals surface area contributed by atoms with E-state index >= 15 is 0 Å². The van der Waals surface area contributed by atoms with Crippen LogP contribution in [0.25, 0.3) is 0 Å². The fraction of sp³-hybridized carbons (Fsp3) is 0.333. The quantitative estimate of drug-likeness (QED) is 0.813. The number of hydrogen-bond acceptors (Lipinski definition) is 3. The van der Waals surface area contributed by atoms with Gasteiger partial charge in [-0.3, -0.25) is 9.59 Å². The number of hydrogen-bond donors (Lipinski definition) is 1. The Bertz CT molecular complexity index is 723. The highest BCUT2D eigenvalue weighted by atomic mass is 16.5. The summed E-state index contributed by atoms with van der Waals surface area (Å²) < 4.78 is 5.26. The molecule has 2 aromatic rings. The number of amides is 2. The van der Waals surface area contributed by atoms with Crippen LogP contribution in [0.1, 0.15) is 32.7 Å². The van der Waals surface area contributed by atoms with Crippen molar-refractivity contribution in [1.29, 1.82) is 0 Å². The molecule has 1 heterocycles. The lowest BCUT2D eigenvalue weighted by atomic mass is 10.1. The molecular formula is C21H24N2O3. The van der Waals surface area contributed by atoms with E-state index < -0.39 is 0 Å². The first-order valence-corrected chi connectivity index (χ1v) is 9.03. The molecule has 1 fully saturated rings. The monoisotopic (exact) mass is 352 g/mol. The van der Waals surface area contributed by atoms with Gasteiger partial charge >= 0.3 is 0 Å². The smallest absolute Gasteiger partial charge is 0.254 e. The Morgan fingerprint density at radius 1 is 0.923 bits per heavy atom. The zero-order valence-electron chi connectivity index (χ0n) is 14.8. The first-order chi connectivity index (χ1) is 12.7. The van der Waals surface area contributed by atoms with Crippen molar-refractivity contribution >= 4 is 11.8 Å². The molecule has 1 aliphatic heterocycles. The summed E-state index contributed by atoms with van der Waals surface area (Å²) in [5.74, 6) is -0.119. The van der Waals surface area contributed by atoms with Crippen LogP contribution in [0, 0.1) is 0 Å². The lowest BCUT2D eigenvalue weighted by Gasteiger charge is -2.26. The Morgan fingerprint density at radius 2 is 1.58 bits per heavy atom. The molecule has 1 saturated heterocycles. The predicted molar refractivity (Wildman–Crippen MR) is 100 cm³/mol. The van der Waals surface area contributed by atoms with E-state index in [-0.39, 0.29) is 11.8 Å². The minimum Gasteiger partial charge on any atom is -0.378 e. The van der Waals surface area contributed by atoms with Crippen LogP contribution in [-0.4, -0.2) is 49.6 Å². The van der Waals surface area contributed by atoms with Crippen LogP contribution in [0.2, 0.25) is 0 Å². The number of aryl methyl sites for hydroxylation is 1. The Hall–Kier alpha value is -2.66. The summed E-state index contributed by atoms with van der Waals surface area (Å²) in [5.41, 5.74) is 2.45. The van der Waals surface area contributed by atoms with E-state index in [4.69, 9.17) is 4.74 Å². The summed E-state index contributed by atoms with van der Waals surface area (Å²) in [6, 6.07) is 17.1. The molecule has 0 atom stereocenters. The molecule has 1 aliphatic rings. The number of ether oxygens (including phenoxy) is 1. The van der Waals surface area contributed by atoms with Crippen molar-refractivity contribution in [3.8, 4) is 0 Å². The van der Waals surface area contributed by atoms with Gasteiger partial charge in [0, 0.05) is 30.8 Å². The first kappa shape index (κ1) is 18.1. The van der Waals surface area contributed by atoms with Crippen molar-refractivity contribution in [3.05, 3.63) is 71.3 Å². The number of carbonyl (C=O) groups is 2. The van der Waals surface area contributed by atoms with E-state index in [1.54, 1.807) is 29.2 Å². The van der Waals surface area contributed by atoms with Gasteiger partial charge in [-0.25, -0.2) is 0 Å². The topological polar surface area (TPSA) is 58.6 Å². The Morgan fingerprint density at radius 3 is 2.27 bits per heavy atom. The van der Waals surface area contributed by atoms with Gasteiger partial charge in [0.15, 0.2) is 0 Å². The largest absolute Gasteiger partial charge is 0.378 e. The molecule has 26 heavy (non-hydrogen) atoms. The van der Waals surface area contributed by atoms with Crippen molar-refractivity contribution in [3.63, 3.8) is 0 Å². The number of rotatable bonds is 6. The first-order valence-electron chi connectivity index (χ1n) is 9.03. The number of morpholine rings is 1. The number of carbonyl (C=O) groups excluding carboxylic acids is 2. The van der Waals surface area contributed by atoms with Crippen LogP contribution in [0.3, 0.4) is 0 Å². The van der Waals surface area contributed by atoms with Crippen LogP contribution >= 0.6 is 0 Å². The third-order valence-corrected chi connectivity index (χ3v) is 4.46. The highest BCUT2D eigenvalue weighted by molar-refractivity contribution is 5.97.